The van der Waals surface area contributed by atoms with Crippen LogP contribution in [0.15, 0.2) is 48.5 Å². The number of halogens is 2. The van der Waals surface area contributed by atoms with Gasteiger partial charge in [0.05, 0.1) is 6.04 Å². The number of amides is 3. The zero-order valence-corrected chi connectivity index (χ0v) is 24.1. The fourth-order valence-corrected chi connectivity index (χ4v) is 5.79. The van der Waals surface area contributed by atoms with Crippen LogP contribution in [-0.4, -0.2) is 42.8 Å². The molecule has 0 aromatic heterocycles. The summed E-state index contributed by atoms with van der Waals surface area (Å²) in [6, 6.07) is 12.9. The predicted octanol–water partition coefficient (Wildman–Crippen LogP) is 5.12. The molecule has 8 nitrogen and oxygen atoms in total. The quantitative estimate of drug-likeness (QED) is 0.298. The fraction of sp³-hybridized carbons (Fsp3) is 0.467. The van der Waals surface area contributed by atoms with Crippen LogP contribution in [0.3, 0.4) is 0 Å². The van der Waals surface area contributed by atoms with E-state index in [1.807, 2.05) is 38.1 Å². The zero-order valence-electron chi connectivity index (χ0n) is 22.6. The Labute approximate surface area is 244 Å². The van der Waals surface area contributed by atoms with Crippen LogP contribution in [0.2, 0.25) is 10.0 Å². The van der Waals surface area contributed by atoms with Gasteiger partial charge in [0, 0.05) is 27.9 Å². The number of carbonyl (C=O) groups excluding carboxylic acids is 4. The summed E-state index contributed by atoms with van der Waals surface area (Å²) >= 11 is 12.6. The summed E-state index contributed by atoms with van der Waals surface area (Å²) in [5.41, 5.74) is 1.22. The molecule has 214 valence electrons. The second-order valence-electron chi connectivity index (χ2n) is 11.1. The fourth-order valence-electron chi connectivity index (χ4n) is 5.40. The number of nitrogens with one attached hydrogen (secondary N) is 3. The molecular formula is C30H35Cl2N3O5. The van der Waals surface area contributed by atoms with Crippen molar-refractivity contribution in [3.8, 4) is 0 Å². The molecule has 0 bridgehead atoms. The van der Waals surface area contributed by atoms with E-state index in [1.165, 1.54) is 0 Å². The molecule has 40 heavy (non-hydrogen) atoms. The second kappa shape index (κ2) is 13.0. The van der Waals surface area contributed by atoms with Crippen molar-refractivity contribution in [3.05, 3.63) is 69.7 Å². The molecule has 0 spiro atoms. The number of aldehydes is 1. The number of benzene rings is 2. The van der Waals surface area contributed by atoms with E-state index in [4.69, 9.17) is 27.9 Å². The Morgan fingerprint density at radius 1 is 1.10 bits per heavy atom. The molecular weight excluding hydrogens is 553 g/mol. The molecule has 4 rings (SSSR count). The Kier molecular flexibility index (Phi) is 9.74. The maximum absolute atomic E-state index is 13.4. The first-order chi connectivity index (χ1) is 19.1. The van der Waals surface area contributed by atoms with Gasteiger partial charge in [-0.3, -0.25) is 9.59 Å². The number of hydrogen-bond acceptors (Lipinski definition) is 5. The average Bonchev–Trinajstić information content (AvgIpc) is 3.62. The van der Waals surface area contributed by atoms with Crippen molar-refractivity contribution in [3.63, 3.8) is 0 Å². The van der Waals surface area contributed by atoms with E-state index in [2.05, 4.69) is 16.0 Å². The second-order valence-corrected chi connectivity index (χ2v) is 12.0. The zero-order chi connectivity index (χ0) is 28.9. The summed E-state index contributed by atoms with van der Waals surface area (Å²) in [4.78, 5) is 50.3. The Morgan fingerprint density at radius 3 is 2.38 bits per heavy atom. The molecule has 1 saturated heterocycles. The molecule has 0 radical (unpaired) electrons. The number of rotatable bonds is 12. The molecule has 2 aromatic rings. The number of hydrogen-bond donors (Lipinski definition) is 3. The standard InChI is InChI=1S/C30H35Cl2N3O5/c1-18(2)13-25(28(38)34-24(17-36)15-20-9-12-33-27(20)37)35-29(39)40-26(19-5-3-7-22(31)14-19)30(10-11-30)21-6-4-8-23(32)16-21/h3-8,14,16-18,20,24-26H,9-13,15H2,1-2H3,(H,33,37)(H,34,38)(H,35,39)/t20-,24-,25-,26?/m0/s1. The number of alkyl carbamates (subject to hydrolysis) is 1. The van der Waals surface area contributed by atoms with E-state index < -0.39 is 35.6 Å². The van der Waals surface area contributed by atoms with Crippen LogP contribution in [0.1, 0.15) is 63.2 Å². The van der Waals surface area contributed by atoms with Gasteiger partial charge in [0.1, 0.15) is 18.4 Å². The van der Waals surface area contributed by atoms with Gasteiger partial charge in [0.25, 0.3) is 0 Å². The first kappa shape index (κ1) is 29.9. The van der Waals surface area contributed by atoms with Gasteiger partial charge in [-0.2, -0.15) is 0 Å². The summed E-state index contributed by atoms with van der Waals surface area (Å²) in [7, 11) is 0. The first-order valence-electron chi connectivity index (χ1n) is 13.6. The minimum absolute atomic E-state index is 0.0660. The van der Waals surface area contributed by atoms with Gasteiger partial charge >= 0.3 is 6.09 Å². The van der Waals surface area contributed by atoms with Crippen molar-refractivity contribution in [1.29, 1.82) is 0 Å². The lowest BCUT2D eigenvalue weighted by Gasteiger charge is -2.29. The van der Waals surface area contributed by atoms with Crippen LogP contribution in [-0.2, 0) is 24.5 Å². The Bertz CT molecular complexity index is 1250. The predicted molar refractivity (Wildman–Crippen MR) is 153 cm³/mol. The first-order valence-corrected chi connectivity index (χ1v) is 14.4. The van der Waals surface area contributed by atoms with Crippen molar-refractivity contribution in [2.75, 3.05) is 6.54 Å². The third-order valence-electron chi connectivity index (χ3n) is 7.58. The van der Waals surface area contributed by atoms with Crippen molar-refractivity contribution in [2.45, 2.75) is 69.6 Å². The van der Waals surface area contributed by atoms with Gasteiger partial charge in [0.15, 0.2) is 0 Å². The highest BCUT2D eigenvalue weighted by Gasteiger charge is 2.53. The van der Waals surface area contributed by atoms with E-state index >= 15 is 0 Å². The summed E-state index contributed by atoms with van der Waals surface area (Å²) in [5, 5.41) is 9.28. The molecule has 2 aliphatic rings. The smallest absolute Gasteiger partial charge is 0.408 e. The molecule has 3 N–H and O–H groups in total. The lowest BCUT2D eigenvalue weighted by atomic mass is 9.86. The van der Waals surface area contributed by atoms with Crippen LogP contribution >= 0.6 is 23.2 Å². The molecule has 1 unspecified atom stereocenters. The average molecular weight is 589 g/mol. The van der Waals surface area contributed by atoms with Crippen molar-refractivity contribution in [2.24, 2.45) is 11.8 Å². The van der Waals surface area contributed by atoms with E-state index in [1.54, 1.807) is 24.3 Å². The van der Waals surface area contributed by atoms with Crippen LogP contribution in [0.4, 0.5) is 4.79 Å². The summed E-state index contributed by atoms with van der Waals surface area (Å²) in [6.07, 6.45) is 1.92. The summed E-state index contributed by atoms with van der Waals surface area (Å²) in [6.45, 7) is 4.41. The molecule has 1 saturated carbocycles. The van der Waals surface area contributed by atoms with Crippen molar-refractivity contribution >= 4 is 47.4 Å². The van der Waals surface area contributed by atoms with Crippen molar-refractivity contribution in [1.82, 2.24) is 16.0 Å². The normalized spacial score (nSPS) is 19.7. The number of ether oxygens (including phenoxy) is 1. The Morgan fingerprint density at radius 2 is 1.80 bits per heavy atom. The molecule has 1 heterocycles. The number of carbonyl (C=O) groups is 4. The van der Waals surface area contributed by atoms with Gasteiger partial charge < -0.3 is 25.5 Å². The van der Waals surface area contributed by atoms with Gasteiger partial charge in [-0.05, 0) is 73.4 Å². The summed E-state index contributed by atoms with van der Waals surface area (Å²) < 4.78 is 6.07. The highest BCUT2D eigenvalue weighted by atomic mass is 35.5. The van der Waals surface area contributed by atoms with Crippen LogP contribution < -0.4 is 16.0 Å². The van der Waals surface area contributed by atoms with Crippen LogP contribution in [0, 0.1) is 11.8 Å². The van der Waals surface area contributed by atoms with E-state index in [0.717, 1.165) is 24.0 Å². The highest BCUT2D eigenvalue weighted by molar-refractivity contribution is 6.31. The third-order valence-corrected chi connectivity index (χ3v) is 8.05. The minimum atomic E-state index is -0.936. The molecule has 3 amide bonds. The van der Waals surface area contributed by atoms with E-state index in [-0.39, 0.29) is 24.2 Å². The SMILES string of the molecule is CC(C)C[C@H](NC(=O)OC(c1cccc(Cl)c1)C1(c2cccc(Cl)c2)CC1)C(=O)N[C@H](C=O)C[C@@H]1CCNC1=O. The Balaban J connectivity index is 1.51. The molecule has 2 fully saturated rings. The Hall–Kier alpha value is -3.10. The molecule has 2 aromatic carbocycles. The van der Waals surface area contributed by atoms with Crippen molar-refractivity contribution < 1.29 is 23.9 Å². The third kappa shape index (κ3) is 7.34. The lowest BCUT2D eigenvalue weighted by Crippen LogP contribution is -2.51. The molecule has 1 aliphatic heterocycles. The molecule has 4 atom stereocenters. The van der Waals surface area contributed by atoms with Crippen LogP contribution in [0.25, 0.3) is 0 Å². The van der Waals surface area contributed by atoms with Gasteiger partial charge in [-0.1, -0.05) is 61.3 Å². The van der Waals surface area contributed by atoms with Crippen LogP contribution in [0.5, 0.6) is 0 Å². The van der Waals surface area contributed by atoms with Gasteiger partial charge in [-0.25, -0.2) is 4.79 Å². The summed E-state index contributed by atoms with van der Waals surface area (Å²) in [5.74, 6) is -0.897. The lowest BCUT2D eigenvalue weighted by molar-refractivity contribution is -0.127. The molecule has 1 aliphatic carbocycles. The highest BCUT2D eigenvalue weighted by Crippen LogP contribution is 2.58. The maximum Gasteiger partial charge on any atom is 0.408 e. The van der Waals surface area contributed by atoms with E-state index in [9.17, 15) is 19.2 Å². The minimum Gasteiger partial charge on any atom is -0.440 e. The maximum atomic E-state index is 13.4. The monoisotopic (exact) mass is 587 g/mol. The van der Waals surface area contributed by atoms with E-state index in [0.29, 0.717) is 35.7 Å². The van der Waals surface area contributed by atoms with Gasteiger partial charge in [0.2, 0.25) is 11.8 Å². The topological polar surface area (TPSA) is 114 Å². The largest absolute Gasteiger partial charge is 0.440 e. The molecule has 10 heteroatoms. The van der Waals surface area contributed by atoms with Gasteiger partial charge in [-0.15, -0.1) is 0 Å².